The van der Waals surface area contributed by atoms with Gasteiger partial charge in [0.1, 0.15) is 0 Å². The van der Waals surface area contributed by atoms with Crippen LogP contribution in [0.5, 0.6) is 0 Å². The summed E-state index contributed by atoms with van der Waals surface area (Å²) in [5, 5.41) is 6.72. The minimum Gasteiger partial charge on any atom is -0.349 e. The van der Waals surface area contributed by atoms with Crippen LogP contribution in [0.3, 0.4) is 0 Å². The molecule has 1 saturated heterocycles. The molecule has 0 bridgehead atoms. The van der Waals surface area contributed by atoms with Crippen LogP contribution in [0.2, 0.25) is 0 Å². The summed E-state index contributed by atoms with van der Waals surface area (Å²) in [6.07, 6.45) is 2.90. The Balaban J connectivity index is 0.00000176. The van der Waals surface area contributed by atoms with Crippen LogP contribution in [0.4, 0.5) is 0 Å². The first kappa shape index (κ1) is 17.3. The van der Waals surface area contributed by atoms with E-state index in [4.69, 9.17) is 0 Å². The van der Waals surface area contributed by atoms with Gasteiger partial charge in [-0.1, -0.05) is 38.1 Å². The minimum absolute atomic E-state index is 0. The summed E-state index contributed by atoms with van der Waals surface area (Å²) >= 11 is 0. The van der Waals surface area contributed by atoms with Crippen LogP contribution in [0.15, 0.2) is 24.3 Å². The maximum Gasteiger partial charge on any atom is 0.223 e. The van der Waals surface area contributed by atoms with Gasteiger partial charge in [-0.3, -0.25) is 4.79 Å². The largest absolute Gasteiger partial charge is 0.349 e. The maximum atomic E-state index is 12.6. The van der Waals surface area contributed by atoms with Crippen molar-refractivity contribution in [1.82, 2.24) is 10.6 Å². The number of benzene rings is 1. The monoisotopic (exact) mass is 322 g/mol. The molecule has 3 rings (SSSR count). The summed E-state index contributed by atoms with van der Waals surface area (Å²) in [7, 11) is 0. The fraction of sp³-hybridized carbons (Fsp3) is 0.611. The minimum atomic E-state index is 0. The summed E-state index contributed by atoms with van der Waals surface area (Å²) in [6, 6.07) is 9.16. The molecule has 0 aromatic heterocycles. The maximum absolute atomic E-state index is 12.6. The van der Waals surface area contributed by atoms with E-state index >= 15 is 0 Å². The molecular formula is C18H27ClN2O. The highest BCUT2D eigenvalue weighted by Gasteiger charge is 2.38. The molecule has 1 amide bonds. The van der Waals surface area contributed by atoms with Crippen LogP contribution in [-0.4, -0.2) is 18.5 Å². The molecule has 1 aliphatic heterocycles. The number of hydrogen-bond acceptors (Lipinski definition) is 2. The predicted molar refractivity (Wildman–Crippen MR) is 92.4 cm³/mol. The van der Waals surface area contributed by atoms with E-state index in [1.165, 1.54) is 11.1 Å². The molecule has 1 aromatic rings. The van der Waals surface area contributed by atoms with E-state index < -0.39 is 0 Å². The Morgan fingerprint density at radius 3 is 2.77 bits per heavy atom. The highest BCUT2D eigenvalue weighted by Crippen LogP contribution is 2.44. The van der Waals surface area contributed by atoms with Gasteiger partial charge in [0.25, 0.3) is 0 Å². The summed E-state index contributed by atoms with van der Waals surface area (Å²) in [5.74, 6) is 0.401. The van der Waals surface area contributed by atoms with Gasteiger partial charge in [0.05, 0.1) is 6.04 Å². The molecule has 22 heavy (non-hydrogen) atoms. The first-order chi connectivity index (χ1) is 9.97. The van der Waals surface area contributed by atoms with E-state index in [2.05, 4.69) is 55.7 Å². The average Bonchev–Trinajstić information content (AvgIpc) is 2.71. The predicted octanol–water partition coefficient (Wildman–Crippen LogP) is 3.34. The van der Waals surface area contributed by atoms with Gasteiger partial charge < -0.3 is 10.6 Å². The Morgan fingerprint density at radius 2 is 2.05 bits per heavy atom. The fourth-order valence-corrected chi connectivity index (χ4v) is 3.94. The molecule has 0 radical (unpaired) electrons. The second-order valence-electron chi connectivity index (χ2n) is 7.31. The molecule has 0 saturated carbocycles. The van der Waals surface area contributed by atoms with Gasteiger partial charge in [0.2, 0.25) is 5.91 Å². The van der Waals surface area contributed by atoms with Gasteiger partial charge in [0, 0.05) is 12.0 Å². The van der Waals surface area contributed by atoms with Crippen molar-refractivity contribution in [2.24, 2.45) is 5.92 Å². The zero-order valence-electron chi connectivity index (χ0n) is 13.7. The van der Waals surface area contributed by atoms with Crippen LogP contribution in [-0.2, 0) is 10.2 Å². The van der Waals surface area contributed by atoms with Crippen molar-refractivity contribution in [2.45, 2.75) is 57.5 Å². The third kappa shape index (κ3) is 3.31. The van der Waals surface area contributed by atoms with Crippen LogP contribution in [0, 0.1) is 5.92 Å². The van der Waals surface area contributed by atoms with Crippen molar-refractivity contribution in [2.75, 3.05) is 6.54 Å². The van der Waals surface area contributed by atoms with Crippen molar-refractivity contribution < 1.29 is 4.79 Å². The van der Waals surface area contributed by atoms with E-state index in [-0.39, 0.29) is 35.7 Å². The summed E-state index contributed by atoms with van der Waals surface area (Å²) in [4.78, 5) is 12.6. The van der Waals surface area contributed by atoms with Crippen molar-refractivity contribution in [3.8, 4) is 0 Å². The zero-order valence-corrected chi connectivity index (χ0v) is 14.5. The third-order valence-corrected chi connectivity index (χ3v) is 5.09. The van der Waals surface area contributed by atoms with Crippen molar-refractivity contribution in [3.63, 3.8) is 0 Å². The first-order valence-corrected chi connectivity index (χ1v) is 8.10. The van der Waals surface area contributed by atoms with Crippen molar-refractivity contribution >= 4 is 18.3 Å². The smallest absolute Gasteiger partial charge is 0.223 e. The average molecular weight is 323 g/mol. The molecule has 4 heteroatoms. The fourth-order valence-electron chi connectivity index (χ4n) is 3.94. The van der Waals surface area contributed by atoms with E-state index in [9.17, 15) is 4.79 Å². The van der Waals surface area contributed by atoms with Crippen LogP contribution >= 0.6 is 12.4 Å². The molecule has 1 aromatic carbocycles. The molecule has 0 spiro atoms. The molecule has 3 nitrogen and oxygen atoms in total. The summed E-state index contributed by atoms with van der Waals surface area (Å²) in [6.45, 7) is 7.65. The summed E-state index contributed by atoms with van der Waals surface area (Å²) in [5.41, 5.74) is 2.84. The van der Waals surface area contributed by atoms with Crippen molar-refractivity contribution in [3.05, 3.63) is 35.4 Å². The van der Waals surface area contributed by atoms with Gasteiger partial charge in [-0.2, -0.15) is 0 Å². The van der Waals surface area contributed by atoms with Crippen molar-refractivity contribution in [1.29, 1.82) is 0 Å². The number of rotatable bonds is 2. The van der Waals surface area contributed by atoms with Gasteiger partial charge in [-0.15, -0.1) is 12.4 Å². The molecule has 1 heterocycles. The number of fused-ring (bicyclic) bond motifs is 1. The lowest BCUT2D eigenvalue weighted by Gasteiger charge is -2.28. The Labute approximate surface area is 139 Å². The van der Waals surface area contributed by atoms with Gasteiger partial charge in [0.15, 0.2) is 0 Å². The first-order valence-electron chi connectivity index (χ1n) is 8.10. The topological polar surface area (TPSA) is 41.1 Å². The molecule has 1 unspecified atom stereocenters. The lowest BCUT2D eigenvalue weighted by Crippen LogP contribution is -2.43. The Hall–Kier alpha value is -1.06. The van der Waals surface area contributed by atoms with Crippen LogP contribution < -0.4 is 10.6 Å². The quantitative estimate of drug-likeness (QED) is 0.877. The molecule has 1 fully saturated rings. The number of halogens is 1. The third-order valence-electron chi connectivity index (χ3n) is 5.09. The highest BCUT2D eigenvalue weighted by molar-refractivity contribution is 5.85. The number of carbonyl (C=O) groups is 1. The second kappa shape index (κ2) is 6.59. The van der Waals surface area contributed by atoms with Gasteiger partial charge >= 0.3 is 0 Å². The number of nitrogens with one attached hydrogen (secondary N) is 2. The molecule has 2 N–H and O–H groups in total. The standard InChI is InChI=1S/C18H26N2O.ClH/c1-12-10-13(8-9-19-12)17(21)20-16-11-18(2,3)15-7-5-4-6-14(15)16;/h4-7,12-13,16,19H,8-11H2,1-3H3,(H,20,21);1H/t12-,13-,16?;/m0./s1. The van der Waals surface area contributed by atoms with Gasteiger partial charge in [-0.25, -0.2) is 0 Å². The number of amides is 1. The Morgan fingerprint density at radius 1 is 1.32 bits per heavy atom. The molecule has 3 atom stereocenters. The van der Waals surface area contributed by atoms with Crippen LogP contribution in [0.25, 0.3) is 0 Å². The Bertz CT molecular complexity index is 544. The zero-order chi connectivity index (χ0) is 15.0. The molecule has 1 aliphatic carbocycles. The van der Waals surface area contributed by atoms with E-state index in [0.29, 0.717) is 6.04 Å². The number of hydrogen-bond donors (Lipinski definition) is 2. The van der Waals surface area contributed by atoms with Gasteiger partial charge in [-0.05, 0) is 49.3 Å². The highest BCUT2D eigenvalue weighted by atomic mass is 35.5. The van der Waals surface area contributed by atoms with E-state index in [1.807, 2.05) is 0 Å². The lowest BCUT2D eigenvalue weighted by atomic mass is 9.86. The Kier molecular flexibility index (Phi) is 5.18. The number of piperidine rings is 1. The lowest BCUT2D eigenvalue weighted by molar-refractivity contribution is -0.126. The molecule has 122 valence electrons. The van der Waals surface area contributed by atoms with E-state index in [1.54, 1.807) is 0 Å². The normalized spacial score (nSPS) is 29.3. The molecule has 2 aliphatic rings. The number of carbonyl (C=O) groups excluding carboxylic acids is 1. The van der Waals surface area contributed by atoms with E-state index in [0.717, 1.165) is 25.8 Å². The van der Waals surface area contributed by atoms with Crippen LogP contribution in [0.1, 0.15) is 57.2 Å². The summed E-state index contributed by atoms with van der Waals surface area (Å²) < 4.78 is 0. The molecular weight excluding hydrogens is 296 g/mol. The SMILES string of the molecule is C[C@H]1C[C@@H](C(=O)NC2CC(C)(C)c3ccccc32)CCN1.Cl. The second-order valence-corrected chi connectivity index (χ2v) is 7.31.